The van der Waals surface area contributed by atoms with Crippen LogP contribution in [0.5, 0.6) is 0 Å². The second-order valence-electron chi connectivity index (χ2n) is 10.3. The lowest BCUT2D eigenvalue weighted by Gasteiger charge is -2.27. The van der Waals surface area contributed by atoms with Gasteiger partial charge in [-0.2, -0.15) is 0 Å². The van der Waals surface area contributed by atoms with Gasteiger partial charge >= 0.3 is 0 Å². The number of hydrogen-bond donors (Lipinski definition) is 1. The summed E-state index contributed by atoms with van der Waals surface area (Å²) in [5.41, 5.74) is 5.39. The average Bonchev–Trinajstić information content (AvgIpc) is 2.79. The molecular weight excluding hydrogens is 456 g/mol. The van der Waals surface area contributed by atoms with Gasteiger partial charge in [0.2, 0.25) is 5.91 Å². The maximum Gasteiger partial charge on any atom is 0.264 e. The molecule has 0 heterocycles. The summed E-state index contributed by atoms with van der Waals surface area (Å²) in [5, 5.41) is 2.98. The molecule has 3 aromatic rings. The number of anilines is 1. The molecule has 0 bridgehead atoms. The van der Waals surface area contributed by atoms with Crippen LogP contribution in [-0.4, -0.2) is 20.9 Å². The van der Waals surface area contributed by atoms with Crippen LogP contribution in [0.4, 0.5) is 5.69 Å². The minimum atomic E-state index is -3.96. The van der Waals surface area contributed by atoms with Crippen molar-refractivity contribution in [3.05, 3.63) is 94.5 Å². The molecule has 1 amide bonds. The maximum absolute atomic E-state index is 13.7. The Kier molecular flexibility index (Phi) is 7.75. The monoisotopic (exact) mass is 492 g/mol. The first-order valence-electron chi connectivity index (χ1n) is 11.9. The van der Waals surface area contributed by atoms with Crippen molar-refractivity contribution >= 4 is 21.6 Å². The van der Waals surface area contributed by atoms with Gasteiger partial charge < -0.3 is 5.32 Å². The minimum Gasteiger partial charge on any atom is -0.348 e. The Morgan fingerprint density at radius 1 is 0.886 bits per heavy atom. The average molecular weight is 493 g/mol. The molecular formula is C29H36N2O3S. The Labute approximate surface area is 210 Å². The first-order valence-corrected chi connectivity index (χ1v) is 13.3. The number of sulfonamides is 1. The largest absolute Gasteiger partial charge is 0.348 e. The summed E-state index contributed by atoms with van der Waals surface area (Å²) in [6.45, 7) is 13.7. The Hall–Kier alpha value is -3.12. The van der Waals surface area contributed by atoms with Crippen LogP contribution in [0.25, 0.3) is 0 Å². The quantitative estimate of drug-likeness (QED) is 0.441. The summed E-state index contributed by atoms with van der Waals surface area (Å²) in [6, 6.07) is 20.2. The zero-order valence-corrected chi connectivity index (χ0v) is 22.5. The smallest absolute Gasteiger partial charge is 0.264 e. The SMILES string of the molecule is Cc1ccc(S(=O)(=O)N(CC(=O)N[C@@H](C)c2ccc(C(C)(C)C)cc2)c2cc(C)ccc2C)cc1. The number of carbonyl (C=O) groups excluding carboxylic acids is 1. The zero-order valence-electron chi connectivity index (χ0n) is 21.7. The summed E-state index contributed by atoms with van der Waals surface area (Å²) >= 11 is 0. The minimum absolute atomic E-state index is 0.0432. The van der Waals surface area contributed by atoms with Gasteiger partial charge in [-0.1, -0.05) is 74.9 Å². The first-order chi connectivity index (χ1) is 16.3. The predicted molar refractivity (Wildman–Crippen MR) is 143 cm³/mol. The van der Waals surface area contributed by atoms with Gasteiger partial charge in [-0.05, 0) is 73.6 Å². The molecule has 0 aliphatic heterocycles. The maximum atomic E-state index is 13.7. The third-order valence-electron chi connectivity index (χ3n) is 6.18. The van der Waals surface area contributed by atoms with E-state index >= 15 is 0 Å². The lowest BCUT2D eigenvalue weighted by Crippen LogP contribution is -2.42. The molecule has 1 atom stereocenters. The summed E-state index contributed by atoms with van der Waals surface area (Å²) in [5.74, 6) is -0.367. The summed E-state index contributed by atoms with van der Waals surface area (Å²) in [6.07, 6.45) is 0. The van der Waals surface area contributed by atoms with Crippen LogP contribution in [0.3, 0.4) is 0 Å². The Morgan fingerprint density at radius 2 is 1.46 bits per heavy atom. The first kappa shape index (κ1) is 26.5. The van der Waals surface area contributed by atoms with Crippen molar-refractivity contribution in [1.29, 1.82) is 0 Å². The molecule has 0 spiro atoms. The van der Waals surface area contributed by atoms with Gasteiger partial charge in [-0.15, -0.1) is 0 Å². The van der Waals surface area contributed by atoms with Gasteiger partial charge in [-0.3, -0.25) is 9.10 Å². The van der Waals surface area contributed by atoms with Gasteiger partial charge in [0.1, 0.15) is 6.54 Å². The zero-order chi connectivity index (χ0) is 26.0. The fourth-order valence-corrected chi connectivity index (χ4v) is 5.38. The van der Waals surface area contributed by atoms with Crippen LogP contribution >= 0.6 is 0 Å². The molecule has 3 rings (SSSR count). The normalized spacial score (nSPS) is 12.8. The third-order valence-corrected chi connectivity index (χ3v) is 7.96. The van der Waals surface area contributed by atoms with Crippen molar-refractivity contribution in [1.82, 2.24) is 5.32 Å². The number of amides is 1. The Bertz CT molecular complexity index is 1290. The number of nitrogens with zero attached hydrogens (tertiary/aromatic N) is 1. The molecule has 0 aromatic heterocycles. The molecule has 1 N–H and O–H groups in total. The van der Waals surface area contributed by atoms with Crippen molar-refractivity contribution in [2.45, 2.75) is 64.8 Å². The molecule has 35 heavy (non-hydrogen) atoms. The molecule has 0 aliphatic rings. The van der Waals surface area contributed by atoms with E-state index in [2.05, 4.69) is 38.2 Å². The van der Waals surface area contributed by atoms with E-state index in [1.807, 2.05) is 58.0 Å². The van der Waals surface area contributed by atoms with Gasteiger partial charge in [-0.25, -0.2) is 8.42 Å². The van der Waals surface area contributed by atoms with Crippen molar-refractivity contribution in [2.24, 2.45) is 0 Å². The molecule has 0 radical (unpaired) electrons. The van der Waals surface area contributed by atoms with Crippen molar-refractivity contribution in [3.8, 4) is 0 Å². The van der Waals surface area contributed by atoms with Crippen LogP contribution in [0.1, 0.15) is 61.6 Å². The van der Waals surface area contributed by atoms with E-state index < -0.39 is 10.0 Å². The van der Waals surface area contributed by atoms with Crippen molar-refractivity contribution in [3.63, 3.8) is 0 Å². The van der Waals surface area contributed by atoms with Crippen LogP contribution in [0.2, 0.25) is 0 Å². The summed E-state index contributed by atoms with van der Waals surface area (Å²) in [4.78, 5) is 13.3. The van der Waals surface area contributed by atoms with E-state index in [-0.39, 0.29) is 28.8 Å². The molecule has 5 nitrogen and oxygen atoms in total. The molecule has 6 heteroatoms. The third kappa shape index (κ3) is 6.31. The van der Waals surface area contributed by atoms with E-state index in [0.717, 1.165) is 22.3 Å². The summed E-state index contributed by atoms with van der Waals surface area (Å²) in [7, 11) is -3.96. The fraction of sp³-hybridized carbons (Fsp3) is 0.345. The van der Waals surface area contributed by atoms with Gasteiger partial charge in [0.15, 0.2) is 0 Å². The predicted octanol–water partition coefficient (Wildman–Crippen LogP) is 5.98. The van der Waals surface area contributed by atoms with Crippen molar-refractivity contribution in [2.75, 3.05) is 10.8 Å². The topological polar surface area (TPSA) is 66.5 Å². The highest BCUT2D eigenvalue weighted by atomic mass is 32.2. The number of aryl methyl sites for hydroxylation is 3. The van der Waals surface area contributed by atoms with Gasteiger partial charge in [0.25, 0.3) is 10.0 Å². The number of hydrogen-bond acceptors (Lipinski definition) is 3. The Morgan fingerprint density at radius 3 is 2.03 bits per heavy atom. The van der Waals surface area contributed by atoms with Crippen molar-refractivity contribution < 1.29 is 13.2 Å². The number of rotatable bonds is 7. The van der Waals surface area contributed by atoms with E-state index in [0.29, 0.717) is 5.69 Å². The highest BCUT2D eigenvalue weighted by molar-refractivity contribution is 7.92. The highest BCUT2D eigenvalue weighted by Gasteiger charge is 2.29. The molecule has 186 valence electrons. The van der Waals surface area contributed by atoms with E-state index in [4.69, 9.17) is 0 Å². The number of nitrogens with one attached hydrogen (secondary N) is 1. The molecule has 0 aliphatic carbocycles. The molecule has 0 saturated carbocycles. The molecule has 0 fully saturated rings. The lowest BCUT2D eigenvalue weighted by atomic mass is 9.86. The molecule has 0 unspecified atom stereocenters. The van der Waals surface area contributed by atoms with E-state index in [1.165, 1.54) is 9.87 Å². The fourth-order valence-electron chi connectivity index (χ4n) is 3.90. The molecule has 0 saturated heterocycles. The second-order valence-corrected chi connectivity index (χ2v) is 12.1. The number of benzene rings is 3. The number of carbonyl (C=O) groups is 1. The highest BCUT2D eigenvalue weighted by Crippen LogP contribution is 2.28. The summed E-state index contributed by atoms with van der Waals surface area (Å²) < 4.78 is 28.6. The van der Waals surface area contributed by atoms with Crippen LogP contribution in [-0.2, 0) is 20.2 Å². The van der Waals surface area contributed by atoms with Gasteiger partial charge in [0, 0.05) is 0 Å². The second kappa shape index (κ2) is 10.2. The van der Waals surface area contributed by atoms with Crippen LogP contribution < -0.4 is 9.62 Å². The standard InChI is InChI=1S/C29H36N2O3S/c1-20-9-16-26(17-10-20)35(33,34)31(27-18-21(2)8-11-22(27)3)19-28(32)30-23(4)24-12-14-25(15-13-24)29(5,6)7/h8-18,23H,19H2,1-7H3,(H,30,32)/t23-/m0/s1. The lowest BCUT2D eigenvalue weighted by molar-refractivity contribution is -0.120. The van der Waals surface area contributed by atoms with Gasteiger partial charge in [0.05, 0.1) is 16.6 Å². The van der Waals surface area contributed by atoms with Crippen LogP contribution in [0.15, 0.2) is 71.6 Å². The Balaban J connectivity index is 1.89. The van der Waals surface area contributed by atoms with E-state index in [1.54, 1.807) is 24.3 Å². The van der Waals surface area contributed by atoms with Crippen LogP contribution in [0, 0.1) is 20.8 Å². The van der Waals surface area contributed by atoms with E-state index in [9.17, 15) is 13.2 Å². The molecule has 3 aromatic carbocycles.